The fraction of sp³-hybridized carbons (Fsp3) is 0.391. The molecule has 4 rings (SSSR count). The molecule has 3 aromatic rings. The standard InChI is InChI=1S/C23H27F2N7O4/c1-30-4-6-31(7-5-30)20(33)13-32-12-15(9-28-32)29-23-26-10-16(11-27-23)36-14-17-21(24)18(34-2)8-19(35-3)22(17)25/h8-12H,4-7,13-14H2,1-3H3,(H,26,27,29). The smallest absolute Gasteiger partial charge is 0.244 e. The van der Waals surface area contributed by atoms with Crippen LogP contribution in [0.4, 0.5) is 20.4 Å². The number of halogens is 2. The van der Waals surface area contributed by atoms with Crippen LogP contribution in [0.25, 0.3) is 0 Å². The van der Waals surface area contributed by atoms with Crippen molar-refractivity contribution in [1.82, 2.24) is 29.5 Å². The fourth-order valence-corrected chi connectivity index (χ4v) is 3.61. The molecular formula is C23H27F2N7O4. The first-order valence-corrected chi connectivity index (χ1v) is 11.2. The summed E-state index contributed by atoms with van der Waals surface area (Å²) in [5, 5.41) is 7.20. The van der Waals surface area contributed by atoms with Gasteiger partial charge in [-0.25, -0.2) is 18.7 Å². The van der Waals surface area contributed by atoms with Gasteiger partial charge >= 0.3 is 0 Å². The summed E-state index contributed by atoms with van der Waals surface area (Å²) in [6.45, 7) is 2.83. The van der Waals surface area contributed by atoms with E-state index in [-0.39, 0.29) is 41.2 Å². The minimum Gasteiger partial charge on any atom is -0.494 e. The van der Waals surface area contributed by atoms with Crippen LogP contribution < -0.4 is 19.5 Å². The number of likely N-dealkylation sites (N-methyl/N-ethyl adjacent to an activating group) is 1. The molecule has 1 fully saturated rings. The number of amides is 1. The molecule has 1 aromatic carbocycles. The van der Waals surface area contributed by atoms with E-state index in [1.54, 1.807) is 17.1 Å². The highest BCUT2D eigenvalue weighted by atomic mass is 19.1. The van der Waals surface area contributed by atoms with Crippen molar-refractivity contribution >= 4 is 17.5 Å². The number of carbonyl (C=O) groups excluding carboxylic acids is 1. The van der Waals surface area contributed by atoms with Gasteiger partial charge in [0.15, 0.2) is 28.9 Å². The van der Waals surface area contributed by atoms with Crippen molar-refractivity contribution in [3.8, 4) is 17.2 Å². The summed E-state index contributed by atoms with van der Waals surface area (Å²) >= 11 is 0. The fourth-order valence-electron chi connectivity index (χ4n) is 3.61. The van der Waals surface area contributed by atoms with Gasteiger partial charge in [-0.2, -0.15) is 5.10 Å². The van der Waals surface area contributed by atoms with Crippen LogP contribution in [0.3, 0.4) is 0 Å². The van der Waals surface area contributed by atoms with E-state index in [2.05, 4.69) is 25.3 Å². The van der Waals surface area contributed by atoms with Crippen LogP contribution in [0.2, 0.25) is 0 Å². The molecule has 1 aliphatic heterocycles. The van der Waals surface area contributed by atoms with Crippen molar-refractivity contribution in [3.05, 3.63) is 48.1 Å². The second kappa shape index (κ2) is 11.2. The minimum absolute atomic E-state index is 0.0111. The predicted molar refractivity (Wildman–Crippen MR) is 125 cm³/mol. The Kier molecular flexibility index (Phi) is 7.78. The highest BCUT2D eigenvalue weighted by Gasteiger charge is 2.21. The van der Waals surface area contributed by atoms with Gasteiger partial charge in [-0.3, -0.25) is 9.48 Å². The van der Waals surface area contributed by atoms with Crippen LogP contribution in [-0.4, -0.2) is 82.9 Å². The van der Waals surface area contributed by atoms with Crippen molar-refractivity contribution in [2.45, 2.75) is 13.2 Å². The monoisotopic (exact) mass is 503 g/mol. The SMILES string of the molecule is COc1cc(OC)c(F)c(COc2cnc(Nc3cnn(CC(=O)N4CCN(C)CC4)c3)nc2)c1F. The predicted octanol–water partition coefficient (Wildman–Crippen LogP) is 2.07. The zero-order chi connectivity index (χ0) is 25.7. The van der Waals surface area contributed by atoms with E-state index in [1.165, 1.54) is 26.6 Å². The Morgan fingerprint density at radius 1 is 1.03 bits per heavy atom. The lowest BCUT2D eigenvalue weighted by molar-refractivity contribution is -0.133. The lowest BCUT2D eigenvalue weighted by atomic mass is 10.1. The lowest BCUT2D eigenvalue weighted by Gasteiger charge is -2.32. The summed E-state index contributed by atoms with van der Waals surface area (Å²) in [6, 6.07) is 1.13. The number of nitrogens with one attached hydrogen (secondary N) is 1. The molecule has 13 heteroatoms. The Bertz CT molecular complexity index is 1170. The summed E-state index contributed by atoms with van der Waals surface area (Å²) < 4.78 is 45.8. The third-order valence-corrected chi connectivity index (χ3v) is 5.72. The maximum absolute atomic E-state index is 14.5. The van der Waals surface area contributed by atoms with Gasteiger partial charge in [-0.15, -0.1) is 0 Å². The summed E-state index contributed by atoms with van der Waals surface area (Å²) in [6.07, 6.45) is 5.98. The van der Waals surface area contributed by atoms with E-state index in [0.29, 0.717) is 18.8 Å². The molecule has 0 spiro atoms. The Labute approximate surface area is 206 Å². The summed E-state index contributed by atoms with van der Waals surface area (Å²) in [5.74, 6) is -1.60. The van der Waals surface area contributed by atoms with Crippen LogP contribution in [-0.2, 0) is 17.9 Å². The van der Waals surface area contributed by atoms with E-state index in [0.717, 1.165) is 19.2 Å². The number of piperazine rings is 1. The minimum atomic E-state index is -0.877. The largest absolute Gasteiger partial charge is 0.494 e. The second-order valence-corrected chi connectivity index (χ2v) is 8.15. The normalized spacial score (nSPS) is 14.0. The molecule has 0 saturated carbocycles. The first-order valence-electron chi connectivity index (χ1n) is 11.2. The number of methoxy groups -OCH3 is 2. The third kappa shape index (κ3) is 5.79. The first-order chi connectivity index (χ1) is 17.4. The van der Waals surface area contributed by atoms with Crippen molar-refractivity contribution in [2.75, 3.05) is 52.8 Å². The molecule has 2 aromatic heterocycles. The van der Waals surface area contributed by atoms with E-state index in [1.807, 2.05) is 11.9 Å². The van der Waals surface area contributed by atoms with Crippen molar-refractivity contribution in [1.29, 1.82) is 0 Å². The van der Waals surface area contributed by atoms with E-state index in [9.17, 15) is 13.6 Å². The Morgan fingerprint density at radius 2 is 1.67 bits per heavy atom. The molecule has 3 heterocycles. The number of anilines is 2. The molecular weight excluding hydrogens is 476 g/mol. The zero-order valence-corrected chi connectivity index (χ0v) is 20.2. The van der Waals surface area contributed by atoms with Gasteiger partial charge in [0, 0.05) is 38.4 Å². The van der Waals surface area contributed by atoms with Gasteiger partial charge in [0.1, 0.15) is 13.2 Å². The number of benzene rings is 1. The van der Waals surface area contributed by atoms with Gasteiger partial charge in [0.25, 0.3) is 0 Å². The molecule has 36 heavy (non-hydrogen) atoms. The number of ether oxygens (including phenoxy) is 3. The Balaban J connectivity index is 1.33. The molecule has 11 nitrogen and oxygen atoms in total. The summed E-state index contributed by atoms with van der Waals surface area (Å²) in [4.78, 5) is 24.8. The van der Waals surface area contributed by atoms with E-state index < -0.39 is 18.2 Å². The maximum Gasteiger partial charge on any atom is 0.244 e. The first kappa shape index (κ1) is 25.1. The average molecular weight is 504 g/mol. The van der Waals surface area contributed by atoms with Crippen LogP contribution in [0, 0.1) is 11.6 Å². The molecule has 1 amide bonds. The van der Waals surface area contributed by atoms with Crippen molar-refractivity contribution < 1.29 is 27.8 Å². The number of aromatic nitrogens is 4. The molecule has 0 atom stereocenters. The van der Waals surface area contributed by atoms with Crippen molar-refractivity contribution in [2.24, 2.45) is 0 Å². The van der Waals surface area contributed by atoms with Crippen molar-refractivity contribution in [3.63, 3.8) is 0 Å². The maximum atomic E-state index is 14.5. The quantitative estimate of drug-likeness (QED) is 0.470. The average Bonchev–Trinajstić information content (AvgIpc) is 3.32. The molecule has 0 aliphatic carbocycles. The summed E-state index contributed by atoms with van der Waals surface area (Å²) in [7, 11) is 4.58. The molecule has 1 saturated heterocycles. The van der Waals surface area contributed by atoms with Gasteiger partial charge in [0.2, 0.25) is 11.9 Å². The second-order valence-electron chi connectivity index (χ2n) is 8.15. The summed E-state index contributed by atoms with van der Waals surface area (Å²) in [5.41, 5.74) is 0.259. The number of carbonyl (C=O) groups is 1. The number of hydrogen-bond acceptors (Lipinski definition) is 9. The van der Waals surface area contributed by atoms with Crippen LogP contribution in [0.15, 0.2) is 30.9 Å². The van der Waals surface area contributed by atoms with Crippen LogP contribution in [0.5, 0.6) is 17.2 Å². The molecule has 192 valence electrons. The van der Waals surface area contributed by atoms with Gasteiger partial charge < -0.3 is 29.3 Å². The Hall–Kier alpha value is -4.00. The van der Waals surface area contributed by atoms with Gasteiger partial charge in [0.05, 0.1) is 44.1 Å². The zero-order valence-electron chi connectivity index (χ0n) is 20.2. The molecule has 1 aliphatic rings. The van der Waals surface area contributed by atoms with E-state index >= 15 is 0 Å². The van der Waals surface area contributed by atoms with E-state index in [4.69, 9.17) is 14.2 Å². The molecule has 0 unspecified atom stereocenters. The highest BCUT2D eigenvalue weighted by Crippen LogP contribution is 2.32. The van der Waals surface area contributed by atoms with Gasteiger partial charge in [-0.1, -0.05) is 0 Å². The molecule has 0 bridgehead atoms. The van der Waals surface area contributed by atoms with Crippen LogP contribution >= 0.6 is 0 Å². The highest BCUT2D eigenvalue weighted by molar-refractivity contribution is 5.76. The topological polar surface area (TPSA) is 107 Å². The molecule has 0 radical (unpaired) electrons. The molecule has 1 N–H and O–H groups in total. The third-order valence-electron chi connectivity index (χ3n) is 5.72. The Morgan fingerprint density at radius 3 is 2.28 bits per heavy atom. The number of rotatable bonds is 9. The van der Waals surface area contributed by atoms with Crippen LogP contribution in [0.1, 0.15) is 5.56 Å². The number of nitrogens with zero attached hydrogens (tertiary/aromatic N) is 6. The van der Waals surface area contributed by atoms with Gasteiger partial charge in [-0.05, 0) is 7.05 Å². The number of hydrogen-bond donors (Lipinski definition) is 1. The lowest BCUT2D eigenvalue weighted by Crippen LogP contribution is -2.48.